The second kappa shape index (κ2) is 4.21. The first-order valence-corrected chi connectivity index (χ1v) is 5.14. The van der Waals surface area contributed by atoms with Gasteiger partial charge >= 0.3 is 0 Å². The van der Waals surface area contributed by atoms with Crippen LogP contribution in [0.1, 0.15) is 17.9 Å². The number of hydrazone groups is 1. The molecule has 0 bridgehead atoms. The van der Waals surface area contributed by atoms with E-state index < -0.39 is 0 Å². The van der Waals surface area contributed by atoms with E-state index in [1.807, 2.05) is 11.0 Å². The van der Waals surface area contributed by atoms with E-state index in [-0.39, 0.29) is 0 Å². The van der Waals surface area contributed by atoms with Crippen LogP contribution in [0.5, 0.6) is 0 Å². The van der Waals surface area contributed by atoms with Crippen molar-refractivity contribution in [3.8, 4) is 0 Å². The van der Waals surface area contributed by atoms with Crippen LogP contribution in [-0.2, 0) is 0 Å². The molecular weight excluding hydrogens is 188 g/mol. The predicted molar refractivity (Wildman–Crippen MR) is 61.2 cm³/mol. The average Bonchev–Trinajstić information content (AvgIpc) is 2.78. The lowest BCUT2D eigenvalue weighted by Crippen LogP contribution is -2.36. The number of benzene rings is 1. The normalized spacial score (nSPS) is 22.0. The molecule has 1 heterocycles. The van der Waals surface area contributed by atoms with Crippen molar-refractivity contribution in [2.45, 2.75) is 12.3 Å². The molecule has 1 unspecified atom stereocenters. The molecular formula is C11H16N4. The third-order valence-corrected chi connectivity index (χ3v) is 2.92. The molecule has 0 radical (unpaired) electrons. The number of hydrogen-bond donors (Lipinski definition) is 2. The third-order valence-electron chi connectivity index (χ3n) is 2.92. The molecule has 4 N–H and O–H groups in total. The van der Waals surface area contributed by atoms with Crippen molar-refractivity contribution in [2.75, 3.05) is 13.1 Å². The molecule has 1 saturated heterocycles. The minimum atomic E-state index is 0.438. The highest BCUT2D eigenvalue weighted by Crippen LogP contribution is 2.26. The summed E-state index contributed by atoms with van der Waals surface area (Å²) in [4.78, 5) is 2.03. The highest BCUT2D eigenvalue weighted by atomic mass is 15.3. The zero-order valence-electron chi connectivity index (χ0n) is 8.63. The number of nitrogens with two attached hydrogens (primary N) is 2. The van der Waals surface area contributed by atoms with Gasteiger partial charge in [-0.2, -0.15) is 0 Å². The number of rotatable bonds is 1. The number of likely N-dealkylation sites (tertiary alicyclic amines) is 1. The summed E-state index contributed by atoms with van der Waals surface area (Å²) in [5.74, 6) is 6.14. The van der Waals surface area contributed by atoms with Crippen LogP contribution in [0.4, 0.5) is 0 Å². The molecule has 1 aromatic rings. The van der Waals surface area contributed by atoms with Crippen LogP contribution in [0.25, 0.3) is 0 Å². The van der Waals surface area contributed by atoms with Gasteiger partial charge in [-0.25, -0.2) is 0 Å². The van der Waals surface area contributed by atoms with Crippen molar-refractivity contribution in [2.24, 2.45) is 16.7 Å². The van der Waals surface area contributed by atoms with Crippen molar-refractivity contribution in [1.29, 1.82) is 0 Å². The maximum Gasteiger partial charge on any atom is 0.213 e. The zero-order chi connectivity index (χ0) is 10.7. The second-order valence-corrected chi connectivity index (χ2v) is 3.83. The second-order valence-electron chi connectivity index (χ2n) is 3.83. The Bertz CT molecular complexity index is 347. The Hall–Kier alpha value is -1.71. The highest BCUT2D eigenvalue weighted by Gasteiger charge is 2.24. The van der Waals surface area contributed by atoms with Gasteiger partial charge in [0.05, 0.1) is 0 Å². The van der Waals surface area contributed by atoms with Gasteiger partial charge in [0.1, 0.15) is 0 Å². The van der Waals surface area contributed by atoms with E-state index in [2.05, 4.69) is 29.4 Å². The average molecular weight is 204 g/mol. The van der Waals surface area contributed by atoms with Gasteiger partial charge in [0, 0.05) is 19.0 Å². The molecule has 15 heavy (non-hydrogen) atoms. The SMILES string of the molecule is NN=C(N)N1CCC(c2ccccc2)C1. The van der Waals surface area contributed by atoms with Gasteiger partial charge in [0.25, 0.3) is 0 Å². The molecule has 4 heteroatoms. The van der Waals surface area contributed by atoms with Gasteiger partial charge in [-0.1, -0.05) is 30.3 Å². The molecule has 80 valence electrons. The molecule has 4 nitrogen and oxygen atoms in total. The fourth-order valence-electron chi connectivity index (χ4n) is 2.05. The van der Waals surface area contributed by atoms with Crippen molar-refractivity contribution in [3.63, 3.8) is 0 Å². The van der Waals surface area contributed by atoms with Gasteiger partial charge in [0.2, 0.25) is 5.96 Å². The summed E-state index contributed by atoms with van der Waals surface area (Å²) in [6.07, 6.45) is 1.11. The third kappa shape index (κ3) is 2.03. The van der Waals surface area contributed by atoms with E-state index in [9.17, 15) is 0 Å². The molecule has 1 aromatic carbocycles. The van der Waals surface area contributed by atoms with Crippen LogP contribution < -0.4 is 11.6 Å². The van der Waals surface area contributed by atoms with Crippen LogP contribution in [0.3, 0.4) is 0 Å². The summed E-state index contributed by atoms with van der Waals surface area (Å²) in [6, 6.07) is 10.5. The summed E-state index contributed by atoms with van der Waals surface area (Å²) < 4.78 is 0. The molecule has 1 fully saturated rings. The van der Waals surface area contributed by atoms with Gasteiger partial charge in [0.15, 0.2) is 0 Å². The fraction of sp³-hybridized carbons (Fsp3) is 0.364. The Balaban J connectivity index is 2.05. The molecule has 0 aromatic heterocycles. The topological polar surface area (TPSA) is 67.6 Å². The standard InChI is InChI=1S/C11H16N4/c12-11(14-13)15-7-6-10(8-15)9-4-2-1-3-5-9/h1-5,10H,6-8,13H2,(H2,12,14). The molecule has 1 atom stereocenters. The van der Waals surface area contributed by atoms with Gasteiger partial charge in [-0.3, -0.25) is 0 Å². The lowest BCUT2D eigenvalue weighted by Gasteiger charge is -2.16. The van der Waals surface area contributed by atoms with E-state index >= 15 is 0 Å². The highest BCUT2D eigenvalue weighted by molar-refractivity contribution is 5.78. The molecule has 0 amide bonds. The molecule has 0 saturated carbocycles. The lowest BCUT2D eigenvalue weighted by atomic mass is 9.99. The Kier molecular flexibility index (Phi) is 2.76. The smallest absolute Gasteiger partial charge is 0.213 e. The Morgan fingerprint density at radius 3 is 2.73 bits per heavy atom. The largest absolute Gasteiger partial charge is 0.368 e. The van der Waals surface area contributed by atoms with Crippen molar-refractivity contribution < 1.29 is 0 Å². The number of hydrogen-bond acceptors (Lipinski definition) is 2. The summed E-state index contributed by atoms with van der Waals surface area (Å²) in [5.41, 5.74) is 7.04. The predicted octanol–water partition coefficient (Wildman–Crippen LogP) is 0.664. The van der Waals surface area contributed by atoms with E-state index in [4.69, 9.17) is 11.6 Å². The maximum atomic E-state index is 5.67. The first-order chi connectivity index (χ1) is 7.31. The Labute approximate surface area is 89.6 Å². The minimum Gasteiger partial charge on any atom is -0.368 e. The Morgan fingerprint density at radius 2 is 2.07 bits per heavy atom. The van der Waals surface area contributed by atoms with E-state index in [0.717, 1.165) is 19.5 Å². The maximum absolute atomic E-state index is 5.67. The summed E-state index contributed by atoms with van der Waals surface area (Å²) in [7, 11) is 0. The molecule has 0 spiro atoms. The van der Waals surface area contributed by atoms with E-state index in [1.54, 1.807) is 0 Å². The van der Waals surface area contributed by atoms with Gasteiger partial charge < -0.3 is 16.5 Å². The minimum absolute atomic E-state index is 0.438. The van der Waals surface area contributed by atoms with Crippen molar-refractivity contribution >= 4 is 5.96 Å². The van der Waals surface area contributed by atoms with Crippen LogP contribution in [-0.4, -0.2) is 23.9 Å². The van der Waals surface area contributed by atoms with E-state index in [0.29, 0.717) is 11.9 Å². The number of nitrogens with zero attached hydrogens (tertiary/aromatic N) is 2. The molecule has 1 aliphatic heterocycles. The summed E-state index contributed by atoms with van der Waals surface area (Å²) >= 11 is 0. The van der Waals surface area contributed by atoms with Crippen molar-refractivity contribution in [3.05, 3.63) is 35.9 Å². The first-order valence-electron chi connectivity index (χ1n) is 5.14. The first kappa shape index (κ1) is 9.83. The number of guanidine groups is 1. The molecule has 0 aliphatic carbocycles. The zero-order valence-corrected chi connectivity index (χ0v) is 8.63. The fourth-order valence-corrected chi connectivity index (χ4v) is 2.05. The summed E-state index contributed by atoms with van der Waals surface area (Å²) in [5, 5.41) is 3.52. The van der Waals surface area contributed by atoms with Crippen molar-refractivity contribution in [1.82, 2.24) is 4.90 Å². The van der Waals surface area contributed by atoms with Crippen LogP contribution >= 0.6 is 0 Å². The quantitative estimate of drug-likeness (QED) is 0.306. The lowest BCUT2D eigenvalue weighted by molar-refractivity contribution is 0.502. The van der Waals surface area contributed by atoms with Crippen LogP contribution in [0.15, 0.2) is 35.4 Å². The molecule has 1 aliphatic rings. The van der Waals surface area contributed by atoms with Gasteiger partial charge in [-0.05, 0) is 12.0 Å². The van der Waals surface area contributed by atoms with Crippen LogP contribution in [0.2, 0.25) is 0 Å². The van der Waals surface area contributed by atoms with Gasteiger partial charge in [-0.15, -0.1) is 5.10 Å². The molecule has 2 rings (SSSR count). The summed E-state index contributed by atoms with van der Waals surface area (Å²) in [6.45, 7) is 1.85. The van der Waals surface area contributed by atoms with Crippen LogP contribution in [0, 0.1) is 0 Å². The monoisotopic (exact) mass is 204 g/mol. The Morgan fingerprint density at radius 1 is 1.33 bits per heavy atom. The van der Waals surface area contributed by atoms with E-state index in [1.165, 1.54) is 5.56 Å².